The fourth-order valence-corrected chi connectivity index (χ4v) is 6.17. The molecular formula is C11H18BrN3O2S2. The molecule has 0 aromatic carbocycles. The Hall–Kier alpha value is 0.01000. The Morgan fingerprint density at radius 2 is 2.26 bits per heavy atom. The number of likely N-dealkylation sites (N-methyl/N-ethyl adjacent to an activating group) is 1. The lowest BCUT2D eigenvalue weighted by molar-refractivity contribution is 0.302. The summed E-state index contributed by atoms with van der Waals surface area (Å²) >= 11 is 4.71. The van der Waals surface area contributed by atoms with E-state index < -0.39 is 10.0 Å². The lowest BCUT2D eigenvalue weighted by Crippen LogP contribution is -2.34. The van der Waals surface area contributed by atoms with Crippen molar-refractivity contribution in [3.63, 3.8) is 0 Å². The van der Waals surface area contributed by atoms with Gasteiger partial charge in [0.15, 0.2) is 0 Å². The van der Waals surface area contributed by atoms with Crippen LogP contribution in [0.1, 0.15) is 11.3 Å². The summed E-state index contributed by atoms with van der Waals surface area (Å²) in [7, 11) is 0.550. The zero-order chi connectivity index (χ0) is 14.2. The Kier molecular flexibility index (Phi) is 4.69. The predicted molar refractivity (Wildman–Crippen MR) is 80.8 cm³/mol. The molecule has 19 heavy (non-hydrogen) atoms. The minimum Gasteiger partial charge on any atom is -0.326 e. The molecule has 1 aliphatic heterocycles. The third-order valence-electron chi connectivity index (χ3n) is 3.38. The van der Waals surface area contributed by atoms with E-state index in [1.807, 2.05) is 14.1 Å². The van der Waals surface area contributed by atoms with Crippen LogP contribution in [0.2, 0.25) is 0 Å². The molecule has 0 spiro atoms. The van der Waals surface area contributed by atoms with Crippen molar-refractivity contribution < 1.29 is 8.42 Å². The Bertz CT molecular complexity index is 556. The van der Waals surface area contributed by atoms with Gasteiger partial charge in [-0.25, -0.2) is 8.42 Å². The number of hydrogen-bond acceptors (Lipinski definition) is 5. The first-order chi connectivity index (χ1) is 8.86. The molecule has 1 aromatic heterocycles. The molecule has 0 bridgehead atoms. The van der Waals surface area contributed by atoms with Crippen molar-refractivity contribution >= 4 is 37.3 Å². The standard InChI is InChI=1S/C11H18BrN3O2S2/c1-14(2)8-3-4-15(7-8)19(16,17)10-5-9(6-13)18-11(10)12/h5,8H,3-4,6-7,13H2,1-2H3. The number of halogens is 1. The third kappa shape index (κ3) is 3.03. The maximum atomic E-state index is 12.6. The van der Waals surface area contributed by atoms with Crippen LogP contribution in [-0.4, -0.2) is 50.8 Å². The normalized spacial score (nSPS) is 21.4. The lowest BCUT2D eigenvalue weighted by atomic mass is 10.2. The van der Waals surface area contributed by atoms with Crippen molar-refractivity contribution in [3.05, 3.63) is 14.7 Å². The van der Waals surface area contributed by atoms with Gasteiger partial charge in [0.2, 0.25) is 10.0 Å². The van der Waals surface area contributed by atoms with E-state index in [1.54, 1.807) is 10.4 Å². The molecule has 1 fully saturated rings. The van der Waals surface area contributed by atoms with E-state index in [9.17, 15) is 8.42 Å². The molecule has 1 unspecified atom stereocenters. The minimum absolute atomic E-state index is 0.293. The van der Waals surface area contributed by atoms with E-state index in [0.717, 1.165) is 11.3 Å². The summed E-state index contributed by atoms with van der Waals surface area (Å²) in [4.78, 5) is 3.29. The van der Waals surface area contributed by atoms with Gasteiger partial charge in [0.25, 0.3) is 0 Å². The van der Waals surface area contributed by atoms with Crippen molar-refractivity contribution in [1.29, 1.82) is 0 Å². The molecule has 8 heteroatoms. The Morgan fingerprint density at radius 1 is 1.58 bits per heavy atom. The molecule has 0 saturated carbocycles. The SMILES string of the molecule is CN(C)C1CCN(S(=O)(=O)c2cc(CN)sc2Br)C1. The quantitative estimate of drug-likeness (QED) is 0.870. The zero-order valence-corrected chi connectivity index (χ0v) is 14.2. The number of hydrogen-bond donors (Lipinski definition) is 1. The zero-order valence-electron chi connectivity index (χ0n) is 11.0. The number of rotatable bonds is 4. The summed E-state index contributed by atoms with van der Waals surface area (Å²) in [6.07, 6.45) is 0.873. The maximum absolute atomic E-state index is 12.6. The van der Waals surface area contributed by atoms with E-state index in [2.05, 4.69) is 20.8 Å². The Labute approximate surface area is 126 Å². The summed E-state index contributed by atoms with van der Waals surface area (Å²) in [5, 5.41) is 0. The largest absolute Gasteiger partial charge is 0.326 e. The van der Waals surface area contributed by atoms with Crippen molar-refractivity contribution in [3.8, 4) is 0 Å². The van der Waals surface area contributed by atoms with Crippen LogP contribution in [0, 0.1) is 0 Å². The smallest absolute Gasteiger partial charge is 0.245 e. The molecule has 5 nitrogen and oxygen atoms in total. The van der Waals surface area contributed by atoms with Crippen LogP contribution in [0.15, 0.2) is 14.7 Å². The first-order valence-corrected chi connectivity index (χ1v) is 9.06. The molecule has 1 atom stereocenters. The fraction of sp³-hybridized carbons (Fsp3) is 0.636. The van der Waals surface area contributed by atoms with Gasteiger partial charge in [-0.3, -0.25) is 0 Å². The highest BCUT2D eigenvalue weighted by molar-refractivity contribution is 9.11. The summed E-state index contributed by atoms with van der Waals surface area (Å²) < 4.78 is 27.4. The highest BCUT2D eigenvalue weighted by Gasteiger charge is 2.35. The van der Waals surface area contributed by atoms with Crippen molar-refractivity contribution in [2.24, 2.45) is 5.73 Å². The highest BCUT2D eigenvalue weighted by atomic mass is 79.9. The highest BCUT2D eigenvalue weighted by Crippen LogP contribution is 2.34. The second-order valence-electron chi connectivity index (χ2n) is 4.82. The number of sulfonamides is 1. The second-order valence-corrected chi connectivity index (χ2v) is 9.18. The third-order valence-corrected chi connectivity index (χ3v) is 7.52. The molecule has 1 aliphatic rings. The van der Waals surface area contributed by atoms with E-state index in [-0.39, 0.29) is 0 Å². The second kappa shape index (κ2) is 5.79. The minimum atomic E-state index is -3.41. The van der Waals surface area contributed by atoms with Gasteiger partial charge in [0.1, 0.15) is 4.90 Å². The van der Waals surface area contributed by atoms with Crippen LogP contribution < -0.4 is 5.73 Å². The van der Waals surface area contributed by atoms with E-state index >= 15 is 0 Å². The van der Waals surface area contributed by atoms with Crippen molar-refractivity contribution in [2.45, 2.75) is 23.9 Å². The predicted octanol–water partition coefficient (Wildman–Crippen LogP) is 1.29. The molecule has 0 aliphatic carbocycles. The first-order valence-electron chi connectivity index (χ1n) is 6.01. The molecule has 2 rings (SSSR count). The average Bonchev–Trinajstić information content (AvgIpc) is 2.95. The molecule has 108 valence electrons. The monoisotopic (exact) mass is 367 g/mol. The van der Waals surface area contributed by atoms with Crippen molar-refractivity contribution in [1.82, 2.24) is 9.21 Å². The van der Waals surface area contributed by atoms with Gasteiger partial charge in [-0.2, -0.15) is 4.31 Å². The molecule has 1 aromatic rings. The van der Waals surface area contributed by atoms with Gasteiger partial charge in [-0.1, -0.05) is 0 Å². The summed E-state index contributed by atoms with van der Waals surface area (Å²) in [5.41, 5.74) is 5.57. The van der Waals surface area contributed by atoms with Gasteiger partial charge in [-0.15, -0.1) is 11.3 Å². The average molecular weight is 368 g/mol. The van der Waals surface area contributed by atoms with E-state index in [0.29, 0.717) is 34.4 Å². The molecule has 1 saturated heterocycles. The van der Waals surface area contributed by atoms with Gasteiger partial charge < -0.3 is 10.6 Å². The van der Waals surface area contributed by atoms with Crippen LogP contribution in [0.25, 0.3) is 0 Å². The summed E-state index contributed by atoms with van der Waals surface area (Å²) in [6.45, 7) is 1.49. The van der Waals surface area contributed by atoms with Gasteiger partial charge >= 0.3 is 0 Å². The summed E-state index contributed by atoms with van der Waals surface area (Å²) in [5.74, 6) is 0. The molecular weight excluding hydrogens is 350 g/mol. The molecule has 0 amide bonds. The van der Waals surface area contributed by atoms with Crippen LogP contribution >= 0.6 is 27.3 Å². The number of nitrogens with two attached hydrogens (primary N) is 1. The van der Waals surface area contributed by atoms with Gasteiger partial charge in [0.05, 0.1) is 3.79 Å². The van der Waals surface area contributed by atoms with Crippen LogP contribution in [0.5, 0.6) is 0 Å². The topological polar surface area (TPSA) is 66.6 Å². The summed E-state index contributed by atoms with van der Waals surface area (Å²) in [6, 6.07) is 1.97. The fourth-order valence-electron chi connectivity index (χ4n) is 2.16. The van der Waals surface area contributed by atoms with Gasteiger partial charge in [-0.05, 0) is 42.5 Å². The first kappa shape index (κ1) is 15.4. The van der Waals surface area contributed by atoms with E-state index in [1.165, 1.54) is 11.3 Å². The van der Waals surface area contributed by atoms with Gasteiger partial charge in [0, 0.05) is 30.6 Å². The Morgan fingerprint density at radius 3 is 2.74 bits per heavy atom. The van der Waals surface area contributed by atoms with E-state index in [4.69, 9.17) is 5.73 Å². The number of thiophene rings is 1. The number of nitrogens with zero attached hydrogens (tertiary/aromatic N) is 2. The maximum Gasteiger partial charge on any atom is 0.245 e. The van der Waals surface area contributed by atoms with Crippen LogP contribution in [0.4, 0.5) is 0 Å². The lowest BCUT2D eigenvalue weighted by Gasteiger charge is -2.20. The van der Waals surface area contributed by atoms with Crippen LogP contribution in [0.3, 0.4) is 0 Å². The Balaban J connectivity index is 2.26. The molecule has 0 radical (unpaired) electrons. The molecule has 2 heterocycles. The van der Waals surface area contributed by atoms with Crippen molar-refractivity contribution in [2.75, 3.05) is 27.2 Å². The molecule has 2 N–H and O–H groups in total. The van der Waals surface area contributed by atoms with Crippen LogP contribution in [-0.2, 0) is 16.6 Å².